The second-order valence-electron chi connectivity index (χ2n) is 6.94. The minimum atomic E-state index is -1.66. The van der Waals surface area contributed by atoms with Gasteiger partial charge in [0.25, 0.3) is 5.91 Å². The molecule has 1 aromatic carbocycles. The molecule has 0 radical (unpaired) electrons. The van der Waals surface area contributed by atoms with Crippen LogP contribution < -0.4 is 4.74 Å². The number of nitrogens with zero attached hydrogens (tertiary/aromatic N) is 3. The Kier molecular flexibility index (Phi) is 10.0. The van der Waals surface area contributed by atoms with Crippen LogP contribution in [0.2, 0.25) is 0 Å². The van der Waals surface area contributed by atoms with Gasteiger partial charge in [-0.15, -0.1) is 0 Å². The van der Waals surface area contributed by atoms with Crippen molar-refractivity contribution in [3.63, 3.8) is 0 Å². The molecule has 34 heavy (non-hydrogen) atoms. The molecule has 1 N–H and O–H groups in total. The van der Waals surface area contributed by atoms with E-state index in [1.807, 2.05) is 0 Å². The molecule has 0 fully saturated rings. The van der Waals surface area contributed by atoms with Crippen molar-refractivity contribution >= 4 is 29.8 Å². The van der Waals surface area contributed by atoms with E-state index in [1.165, 1.54) is 4.90 Å². The molecule has 12 nitrogen and oxygen atoms in total. The highest BCUT2D eigenvalue weighted by molar-refractivity contribution is 6.01. The summed E-state index contributed by atoms with van der Waals surface area (Å²) in [7, 11) is 1.12. The van der Waals surface area contributed by atoms with Gasteiger partial charge in [-0.05, 0) is 44.4 Å². The fraction of sp³-hybridized carbons (Fsp3) is 0.455. The number of hydrogen-bond donors (Lipinski definition) is 1. The van der Waals surface area contributed by atoms with Crippen LogP contribution in [0.25, 0.3) is 6.08 Å². The molecule has 0 saturated carbocycles. The third-order valence-electron chi connectivity index (χ3n) is 5.16. The van der Waals surface area contributed by atoms with E-state index in [0.29, 0.717) is 13.1 Å². The Balaban J connectivity index is 3.46. The number of likely N-dealkylation sites (N-methyl/N-ethyl adjacent to an activating group) is 1. The summed E-state index contributed by atoms with van der Waals surface area (Å²) in [6, 6.07) is 3.68. The van der Waals surface area contributed by atoms with E-state index in [1.54, 1.807) is 33.8 Å². The predicted molar refractivity (Wildman–Crippen MR) is 119 cm³/mol. The van der Waals surface area contributed by atoms with E-state index in [2.05, 4.69) is 4.74 Å². The molecule has 12 heteroatoms. The second-order valence-corrected chi connectivity index (χ2v) is 6.94. The lowest BCUT2D eigenvalue weighted by Gasteiger charge is -2.27. The number of carbonyl (C=O) groups is 3. The van der Waals surface area contributed by atoms with Crippen LogP contribution in [-0.4, -0.2) is 58.8 Å². The molecular formula is C22H27N3O9. The van der Waals surface area contributed by atoms with E-state index in [4.69, 9.17) is 9.47 Å². The third-order valence-corrected chi connectivity index (χ3v) is 5.16. The summed E-state index contributed by atoms with van der Waals surface area (Å²) in [4.78, 5) is 48.9. The van der Waals surface area contributed by atoms with Crippen LogP contribution in [0.4, 0.5) is 10.5 Å². The van der Waals surface area contributed by atoms with Crippen molar-refractivity contribution in [1.29, 1.82) is 5.26 Å². The number of aromatic hydroxyl groups is 1. The maximum Gasteiger partial charge on any atom is 0.515 e. The molecule has 0 bridgehead atoms. The Morgan fingerprint density at radius 2 is 1.79 bits per heavy atom. The van der Waals surface area contributed by atoms with Crippen LogP contribution in [0.1, 0.15) is 46.1 Å². The van der Waals surface area contributed by atoms with Crippen LogP contribution in [0.3, 0.4) is 0 Å². The van der Waals surface area contributed by atoms with Crippen molar-refractivity contribution in [2.75, 3.05) is 20.2 Å². The molecule has 0 spiro atoms. The monoisotopic (exact) mass is 477 g/mol. The first-order valence-corrected chi connectivity index (χ1v) is 10.5. The quantitative estimate of drug-likeness (QED) is 0.132. The lowest BCUT2D eigenvalue weighted by atomic mass is 9.97. The van der Waals surface area contributed by atoms with Gasteiger partial charge in [-0.3, -0.25) is 14.9 Å². The highest BCUT2D eigenvalue weighted by atomic mass is 16.7. The standard InChI is InChI=1S/C22H27N3O9/c1-6-22(7-2,20(28)32-5)34-21(29)33-17-12-14(11-16(18(17)26)25(30)31)10-15(13-23)19(27)24(8-3)9-4/h10-12,26H,6-9H2,1-5H3/b15-10+. The van der Waals surface area contributed by atoms with Crippen LogP contribution in [0.5, 0.6) is 11.5 Å². The number of nitro groups is 1. The van der Waals surface area contributed by atoms with E-state index in [-0.39, 0.29) is 24.0 Å². The van der Waals surface area contributed by atoms with Gasteiger partial charge in [0.05, 0.1) is 12.0 Å². The summed E-state index contributed by atoms with van der Waals surface area (Å²) in [5, 5.41) is 31.0. The normalized spacial score (nSPS) is 11.2. The molecule has 0 saturated heterocycles. The van der Waals surface area contributed by atoms with Gasteiger partial charge >= 0.3 is 17.8 Å². The number of rotatable bonds is 10. The molecule has 0 atom stereocenters. The maximum atomic E-state index is 12.5. The summed E-state index contributed by atoms with van der Waals surface area (Å²) in [5.41, 5.74) is -2.88. The van der Waals surface area contributed by atoms with Crippen molar-refractivity contribution in [2.45, 2.75) is 46.1 Å². The van der Waals surface area contributed by atoms with Crippen molar-refractivity contribution in [1.82, 2.24) is 4.90 Å². The minimum Gasteiger partial charge on any atom is -0.499 e. The Bertz CT molecular complexity index is 1020. The molecule has 184 valence electrons. The first-order valence-electron chi connectivity index (χ1n) is 10.5. The van der Waals surface area contributed by atoms with Crippen LogP contribution >= 0.6 is 0 Å². The van der Waals surface area contributed by atoms with Crippen molar-refractivity contribution in [3.8, 4) is 17.6 Å². The Labute approximate surface area is 196 Å². The molecule has 0 aromatic heterocycles. The van der Waals surface area contributed by atoms with Gasteiger partial charge < -0.3 is 24.2 Å². The average Bonchev–Trinajstić information content (AvgIpc) is 2.82. The Hall–Kier alpha value is -4.14. The molecule has 1 amide bonds. The number of amides is 1. The van der Waals surface area contributed by atoms with E-state index in [0.717, 1.165) is 25.3 Å². The Morgan fingerprint density at radius 1 is 1.21 bits per heavy atom. The molecule has 1 aromatic rings. The lowest BCUT2D eigenvalue weighted by molar-refractivity contribution is -0.385. The van der Waals surface area contributed by atoms with Gasteiger partial charge in [0.1, 0.15) is 11.6 Å². The van der Waals surface area contributed by atoms with Crippen LogP contribution in [0.15, 0.2) is 17.7 Å². The van der Waals surface area contributed by atoms with E-state index in [9.17, 15) is 34.9 Å². The number of nitro benzene ring substituents is 1. The third kappa shape index (κ3) is 6.22. The predicted octanol–water partition coefficient (Wildman–Crippen LogP) is 3.32. The summed E-state index contributed by atoms with van der Waals surface area (Å²) in [6.07, 6.45) is -0.236. The zero-order chi connectivity index (χ0) is 26.1. The van der Waals surface area contributed by atoms with Crippen molar-refractivity contribution in [3.05, 3.63) is 33.4 Å². The number of esters is 1. The molecule has 0 unspecified atom stereocenters. The van der Waals surface area contributed by atoms with Gasteiger partial charge in [0, 0.05) is 19.2 Å². The van der Waals surface area contributed by atoms with Crippen LogP contribution in [-0.2, 0) is 19.1 Å². The first kappa shape index (κ1) is 27.9. The molecular weight excluding hydrogens is 450 g/mol. The van der Waals surface area contributed by atoms with Gasteiger partial charge in [-0.1, -0.05) is 13.8 Å². The number of carbonyl (C=O) groups excluding carboxylic acids is 3. The smallest absolute Gasteiger partial charge is 0.499 e. The van der Waals surface area contributed by atoms with E-state index < -0.39 is 45.7 Å². The van der Waals surface area contributed by atoms with Gasteiger partial charge in [0.15, 0.2) is 5.75 Å². The number of benzene rings is 1. The first-order chi connectivity index (χ1) is 16.0. The number of methoxy groups -OCH3 is 1. The summed E-state index contributed by atoms with van der Waals surface area (Å²) < 4.78 is 14.8. The SMILES string of the molecule is CCN(CC)C(=O)/C(C#N)=C/c1cc(OC(=O)OC(CC)(CC)C(=O)OC)c(O)c([N+](=O)[O-])c1. The summed E-state index contributed by atoms with van der Waals surface area (Å²) >= 11 is 0. The number of ether oxygens (including phenoxy) is 3. The Morgan fingerprint density at radius 3 is 2.24 bits per heavy atom. The van der Waals surface area contributed by atoms with Crippen molar-refractivity contribution in [2.24, 2.45) is 0 Å². The highest BCUT2D eigenvalue weighted by Gasteiger charge is 2.41. The van der Waals surface area contributed by atoms with Gasteiger partial charge in [0.2, 0.25) is 11.4 Å². The molecule has 0 aliphatic carbocycles. The summed E-state index contributed by atoms with van der Waals surface area (Å²) in [6.45, 7) is 7.28. The number of hydrogen-bond acceptors (Lipinski definition) is 10. The second kappa shape index (κ2) is 12.2. The maximum absolute atomic E-state index is 12.5. The molecule has 0 aliphatic rings. The fourth-order valence-electron chi connectivity index (χ4n) is 3.08. The number of nitriles is 1. The molecule has 0 heterocycles. The van der Waals surface area contributed by atoms with Gasteiger partial charge in [-0.2, -0.15) is 5.26 Å². The summed E-state index contributed by atoms with van der Waals surface area (Å²) in [5.74, 6) is -3.07. The number of phenolic OH excluding ortho intramolecular Hbond substituents is 1. The van der Waals surface area contributed by atoms with Crippen LogP contribution in [0, 0.1) is 21.4 Å². The van der Waals surface area contributed by atoms with Gasteiger partial charge in [-0.25, -0.2) is 9.59 Å². The molecule has 1 rings (SSSR count). The zero-order valence-corrected chi connectivity index (χ0v) is 19.6. The minimum absolute atomic E-state index is 0.0547. The lowest BCUT2D eigenvalue weighted by Crippen LogP contribution is -2.43. The topological polar surface area (TPSA) is 169 Å². The zero-order valence-electron chi connectivity index (χ0n) is 19.6. The van der Waals surface area contributed by atoms with Crippen molar-refractivity contribution < 1.29 is 38.6 Å². The molecule has 0 aliphatic heterocycles. The van der Waals surface area contributed by atoms with E-state index >= 15 is 0 Å². The fourth-order valence-corrected chi connectivity index (χ4v) is 3.08. The highest BCUT2D eigenvalue weighted by Crippen LogP contribution is 2.38. The number of phenols is 1. The average molecular weight is 477 g/mol. The largest absolute Gasteiger partial charge is 0.515 e.